The normalized spacial score (nSPS) is 15.0. The Morgan fingerprint density at radius 2 is 1.64 bits per heavy atom. The number of hydrogen-bond acceptors (Lipinski definition) is 2. The summed E-state index contributed by atoms with van der Waals surface area (Å²) in [6.45, 7) is 3.32. The fraction of sp³-hybridized carbons (Fsp3) is 0.333. The van der Waals surface area contributed by atoms with Crippen LogP contribution in [-0.2, 0) is 16.0 Å². The zero-order chi connectivity index (χ0) is 17.6. The van der Waals surface area contributed by atoms with Gasteiger partial charge in [-0.05, 0) is 37.5 Å². The van der Waals surface area contributed by atoms with Gasteiger partial charge in [0.05, 0.1) is 6.42 Å². The molecule has 1 aliphatic heterocycles. The number of amides is 2. The summed E-state index contributed by atoms with van der Waals surface area (Å²) in [6, 6.07) is 17.6. The third-order valence-corrected chi connectivity index (χ3v) is 4.74. The lowest BCUT2D eigenvalue weighted by molar-refractivity contribution is -0.133. The molecule has 2 amide bonds. The van der Waals surface area contributed by atoms with E-state index in [-0.39, 0.29) is 17.7 Å². The van der Waals surface area contributed by atoms with Gasteiger partial charge in [-0.1, -0.05) is 48.0 Å². The van der Waals surface area contributed by atoms with Crippen LogP contribution in [0.3, 0.4) is 0 Å². The molecule has 0 radical (unpaired) electrons. The lowest BCUT2D eigenvalue weighted by atomic mass is 9.95. The summed E-state index contributed by atoms with van der Waals surface area (Å²) in [6.07, 6.45) is 1.87. The van der Waals surface area contributed by atoms with E-state index in [0.29, 0.717) is 19.5 Å². The Balaban J connectivity index is 1.48. The third-order valence-electron chi connectivity index (χ3n) is 4.74. The molecule has 0 aliphatic carbocycles. The van der Waals surface area contributed by atoms with Crippen LogP contribution in [0.4, 0.5) is 5.69 Å². The highest BCUT2D eigenvalue weighted by Gasteiger charge is 2.27. The number of nitrogens with one attached hydrogen (secondary N) is 1. The highest BCUT2D eigenvalue weighted by atomic mass is 16.2. The molecule has 0 saturated carbocycles. The van der Waals surface area contributed by atoms with Crippen molar-refractivity contribution in [1.29, 1.82) is 0 Å². The van der Waals surface area contributed by atoms with Crippen LogP contribution in [0.2, 0.25) is 0 Å². The van der Waals surface area contributed by atoms with Crippen LogP contribution in [0.5, 0.6) is 0 Å². The number of nitrogens with zero attached hydrogens (tertiary/aromatic N) is 1. The van der Waals surface area contributed by atoms with Gasteiger partial charge in [-0.3, -0.25) is 9.59 Å². The predicted octanol–water partition coefficient (Wildman–Crippen LogP) is 3.41. The molecule has 3 rings (SSSR count). The molecule has 2 aromatic rings. The van der Waals surface area contributed by atoms with Gasteiger partial charge in [-0.2, -0.15) is 0 Å². The molecule has 130 valence electrons. The average Bonchev–Trinajstić information content (AvgIpc) is 2.64. The number of carbonyl (C=O) groups is 2. The van der Waals surface area contributed by atoms with Crippen molar-refractivity contribution in [3.63, 3.8) is 0 Å². The molecule has 1 aliphatic rings. The number of carbonyl (C=O) groups excluding carboxylic acids is 2. The van der Waals surface area contributed by atoms with E-state index in [9.17, 15) is 9.59 Å². The first-order valence-corrected chi connectivity index (χ1v) is 8.81. The van der Waals surface area contributed by atoms with Gasteiger partial charge in [-0.15, -0.1) is 0 Å². The van der Waals surface area contributed by atoms with E-state index in [2.05, 4.69) is 5.32 Å². The first kappa shape index (κ1) is 17.2. The van der Waals surface area contributed by atoms with Crippen LogP contribution in [0.1, 0.15) is 24.0 Å². The Kier molecular flexibility index (Phi) is 5.49. The van der Waals surface area contributed by atoms with Crippen LogP contribution < -0.4 is 5.32 Å². The minimum absolute atomic E-state index is 0.0259. The third kappa shape index (κ3) is 4.69. The van der Waals surface area contributed by atoms with E-state index in [1.54, 1.807) is 0 Å². The summed E-state index contributed by atoms with van der Waals surface area (Å²) >= 11 is 0. The summed E-state index contributed by atoms with van der Waals surface area (Å²) in [5.41, 5.74) is 3.04. The fourth-order valence-electron chi connectivity index (χ4n) is 3.15. The van der Waals surface area contributed by atoms with Crippen LogP contribution in [0.25, 0.3) is 0 Å². The van der Waals surface area contributed by atoms with Crippen molar-refractivity contribution in [2.75, 3.05) is 18.4 Å². The highest BCUT2D eigenvalue weighted by Crippen LogP contribution is 2.20. The number of piperidine rings is 1. The molecule has 1 N–H and O–H groups in total. The van der Waals surface area contributed by atoms with Gasteiger partial charge in [0.25, 0.3) is 0 Å². The van der Waals surface area contributed by atoms with Crippen LogP contribution >= 0.6 is 0 Å². The maximum atomic E-state index is 12.4. The Labute approximate surface area is 148 Å². The monoisotopic (exact) mass is 336 g/mol. The number of benzene rings is 2. The number of anilines is 1. The standard InChI is InChI=1S/C21H24N2O2/c1-16-7-9-19(10-8-16)22-21(25)18-11-13-23(14-12-18)20(24)15-17-5-3-2-4-6-17/h2-10,18H,11-15H2,1H3,(H,22,25). The Morgan fingerprint density at radius 3 is 2.28 bits per heavy atom. The topological polar surface area (TPSA) is 49.4 Å². The zero-order valence-corrected chi connectivity index (χ0v) is 14.6. The summed E-state index contributed by atoms with van der Waals surface area (Å²) in [7, 11) is 0. The quantitative estimate of drug-likeness (QED) is 0.930. The molecule has 0 aromatic heterocycles. The minimum Gasteiger partial charge on any atom is -0.342 e. The van der Waals surface area contributed by atoms with Gasteiger partial charge in [0.15, 0.2) is 0 Å². The van der Waals surface area contributed by atoms with Crippen molar-refractivity contribution in [3.8, 4) is 0 Å². The maximum absolute atomic E-state index is 12.4. The van der Waals surface area contributed by atoms with Gasteiger partial charge in [-0.25, -0.2) is 0 Å². The minimum atomic E-state index is -0.0259. The Bertz CT molecular complexity index is 717. The van der Waals surface area contributed by atoms with Crippen molar-refractivity contribution in [2.45, 2.75) is 26.2 Å². The Hall–Kier alpha value is -2.62. The molecule has 0 spiro atoms. The summed E-state index contributed by atoms with van der Waals surface area (Å²) < 4.78 is 0. The zero-order valence-electron chi connectivity index (χ0n) is 14.6. The second-order valence-electron chi connectivity index (χ2n) is 6.67. The maximum Gasteiger partial charge on any atom is 0.227 e. The second kappa shape index (κ2) is 7.97. The lowest BCUT2D eigenvalue weighted by Crippen LogP contribution is -2.42. The second-order valence-corrected chi connectivity index (χ2v) is 6.67. The van der Waals surface area contributed by atoms with Crippen molar-refractivity contribution in [1.82, 2.24) is 4.90 Å². The van der Waals surface area contributed by atoms with E-state index in [1.807, 2.05) is 66.4 Å². The molecular weight excluding hydrogens is 312 g/mol. The molecular formula is C21H24N2O2. The first-order valence-electron chi connectivity index (χ1n) is 8.81. The van der Waals surface area contributed by atoms with Crippen LogP contribution in [0, 0.1) is 12.8 Å². The highest BCUT2D eigenvalue weighted by molar-refractivity contribution is 5.92. The molecule has 1 heterocycles. The fourth-order valence-corrected chi connectivity index (χ4v) is 3.15. The number of rotatable bonds is 4. The molecule has 1 fully saturated rings. The molecule has 25 heavy (non-hydrogen) atoms. The van der Waals surface area contributed by atoms with E-state index in [4.69, 9.17) is 0 Å². The van der Waals surface area contributed by atoms with Crippen LogP contribution in [0.15, 0.2) is 54.6 Å². The molecule has 4 nitrogen and oxygen atoms in total. The van der Waals surface area contributed by atoms with E-state index in [0.717, 1.165) is 24.1 Å². The van der Waals surface area contributed by atoms with Crippen LogP contribution in [-0.4, -0.2) is 29.8 Å². The predicted molar refractivity (Wildman–Crippen MR) is 99.3 cm³/mol. The van der Waals surface area contributed by atoms with E-state index < -0.39 is 0 Å². The van der Waals surface area contributed by atoms with Crippen molar-refractivity contribution >= 4 is 17.5 Å². The summed E-state index contributed by atoms with van der Waals surface area (Å²) in [4.78, 5) is 26.7. The number of hydrogen-bond donors (Lipinski definition) is 1. The smallest absolute Gasteiger partial charge is 0.227 e. The van der Waals surface area contributed by atoms with Crippen molar-refractivity contribution in [2.24, 2.45) is 5.92 Å². The van der Waals surface area contributed by atoms with Gasteiger partial charge in [0.2, 0.25) is 11.8 Å². The van der Waals surface area contributed by atoms with Gasteiger partial charge >= 0.3 is 0 Å². The largest absolute Gasteiger partial charge is 0.342 e. The number of likely N-dealkylation sites (tertiary alicyclic amines) is 1. The molecule has 1 saturated heterocycles. The molecule has 0 unspecified atom stereocenters. The van der Waals surface area contributed by atoms with Gasteiger partial charge in [0.1, 0.15) is 0 Å². The molecule has 2 aromatic carbocycles. The SMILES string of the molecule is Cc1ccc(NC(=O)C2CCN(C(=O)Cc3ccccc3)CC2)cc1. The van der Waals surface area contributed by atoms with Crippen molar-refractivity contribution < 1.29 is 9.59 Å². The number of aryl methyl sites for hydroxylation is 1. The van der Waals surface area contributed by atoms with Crippen molar-refractivity contribution in [3.05, 3.63) is 65.7 Å². The molecule has 0 atom stereocenters. The van der Waals surface area contributed by atoms with E-state index in [1.165, 1.54) is 5.56 Å². The molecule has 0 bridgehead atoms. The van der Waals surface area contributed by atoms with Gasteiger partial charge in [0, 0.05) is 24.7 Å². The van der Waals surface area contributed by atoms with E-state index >= 15 is 0 Å². The summed E-state index contributed by atoms with van der Waals surface area (Å²) in [5, 5.41) is 2.98. The first-order chi connectivity index (χ1) is 12.1. The summed E-state index contributed by atoms with van der Waals surface area (Å²) in [5.74, 6) is 0.171. The average molecular weight is 336 g/mol. The molecule has 4 heteroatoms. The van der Waals surface area contributed by atoms with Gasteiger partial charge < -0.3 is 10.2 Å². The Morgan fingerprint density at radius 1 is 1.00 bits per heavy atom. The lowest BCUT2D eigenvalue weighted by Gasteiger charge is -2.31.